The van der Waals surface area contributed by atoms with Crippen molar-refractivity contribution in [3.8, 4) is 0 Å². The zero-order valence-electron chi connectivity index (χ0n) is 10.2. The molecule has 0 aliphatic heterocycles. The van der Waals surface area contributed by atoms with Gasteiger partial charge in [0, 0.05) is 0 Å². The van der Waals surface area contributed by atoms with Crippen LogP contribution < -0.4 is 0 Å². The van der Waals surface area contributed by atoms with E-state index in [0.717, 1.165) is 12.1 Å². The molecule has 0 unspecified atom stereocenters. The monoisotopic (exact) mass is 342 g/mol. The fourth-order valence-electron chi connectivity index (χ4n) is 1.38. The first kappa shape index (κ1) is 17.2. The van der Waals surface area contributed by atoms with Crippen LogP contribution in [0.2, 0.25) is 10.0 Å². The molecule has 0 spiro atoms. The van der Waals surface area contributed by atoms with Crippen LogP contribution in [0.4, 0.5) is 0 Å². The molecule has 2 N–H and O–H groups in total. The highest BCUT2D eigenvalue weighted by atomic mass is 35.5. The number of aliphatic hydroxyl groups excluding tert-OH is 1. The summed E-state index contributed by atoms with van der Waals surface area (Å²) in [5, 5.41) is 17.1. The first-order valence-electron chi connectivity index (χ1n) is 5.43. The average molecular weight is 343 g/mol. The molecule has 1 aromatic carbocycles. The third-order valence-electron chi connectivity index (χ3n) is 2.32. The van der Waals surface area contributed by atoms with Gasteiger partial charge in [-0.1, -0.05) is 23.2 Å². The van der Waals surface area contributed by atoms with Crippen LogP contribution in [0.1, 0.15) is 10.4 Å². The van der Waals surface area contributed by atoms with E-state index >= 15 is 0 Å². The Morgan fingerprint density at radius 1 is 1.20 bits per heavy atom. The highest BCUT2D eigenvalue weighted by Gasteiger charge is 2.22. The number of sulfone groups is 1. The molecule has 6 nitrogen and oxygen atoms in total. The number of aliphatic hydroxyl groups is 1. The second-order valence-corrected chi connectivity index (χ2v) is 6.61. The number of benzene rings is 1. The van der Waals surface area contributed by atoms with E-state index < -0.39 is 15.8 Å². The molecule has 112 valence electrons. The van der Waals surface area contributed by atoms with Crippen molar-refractivity contribution in [2.45, 2.75) is 4.90 Å². The Bertz CT molecular complexity index is 599. The summed E-state index contributed by atoms with van der Waals surface area (Å²) in [5.41, 5.74) is -0.342. The second kappa shape index (κ2) is 7.24. The normalized spacial score (nSPS) is 11.6. The van der Waals surface area contributed by atoms with Crippen molar-refractivity contribution >= 4 is 39.0 Å². The fraction of sp³-hybridized carbons (Fsp3) is 0.364. The lowest BCUT2D eigenvalue weighted by Crippen LogP contribution is -2.15. The van der Waals surface area contributed by atoms with Crippen molar-refractivity contribution in [1.29, 1.82) is 0 Å². The number of hydrogen-bond acceptors (Lipinski definition) is 5. The number of ether oxygens (including phenoxy) is 1. The largest absolute Gasteiger partial charge is 0.478 e. The molecule has 1 rings (SSSR count). The number of carboxylic acids is 1. The van der Waals surface area contributed by atoms with E-state index in [4.69, 9.17) is 38.2 Å². The number of carboxylic acid groups (broad SMARTS) is 1. The molecule has 0 radical (unpaired) electrons. The van der Waals surface area contributed by atoms with E-state index in [1.807, 2.05) is 0 Å². The van der Waals surface area contributed by atoms with Crippen LogP contribution in [0.3, 0.4) is 0 Å². The van der Waals surface area contributed by atoms with Gasteiger partial charge in [0.25, 0.3) is 0 Å². The molecule has 1 aromatic rings. The van der Waals surface area contributed by atoms with Crippen molar-refractivity contribution in [1.82, 2.24) is 0 Å². The van der Waals surface area contributed by atoms with Crippen LogP contribution in [-0.2, 0) is 14.6 Å². The lowest BCUT2D eigenvalue weighted by Gasteiger charge is -2.09. The van der Waals surface area contributed by atoms with Crippen molar-refractivity contribution in [3.63, 3.8) is 0 Å². The molecule has 0 aliphatic rings. The van der Waals surface area contributed by atoms with Gasteiger partial charge >= 0.3 is 5.97 Å². The van der Waals surface area contributed by atoms with Crippen LogP contribution in [0.5, 0.6) is 0 Å². The molecular formula is C11H12Cl2O6S. The minimum Gasteiger partial charge on any atom is -0.478 e. The molecule has 0 atom stereocenters. The maximum absolute atomic E-state index is 12.0. The van der Waals surface area contributed by atoms with E-state index in [2.05, 4.69) is 0 Å². The van der Waals surface area contributed by atoms with Crippen molar-refractivity contribution in [2.24, 2.45) is 0 Å². The van der Waals surface area contributed by atoms with Gasteiger partial charge in [-0.25, -0.2) is 13.2 Å². The van der Waals surface area contributed by atoms with E-state index in [0.29, 0.717) is 0 Å². The number of hydrogen-bond donors (Lipinski definition) is 2. The quantitative estimate of drug-likeness (QED) is 0.727. The Balaban J connectivity index is 3.05. The lowest BCUT2D eigenvalue weighted by atomic mass is 10.2. The fourth-order valence-corrected chi connectivity index (χ4v) is 3.40. The molecule has 0 fully saturated rings. The summed E-state index contributed by atoms with van der Waals surface area (Å²) in [5.74, 6) is -1.73. The summed E-state index contributed by atoms with van der Waals surface area (Å²) in [6.45, 7) is -0.334. The number of halogens is 2. The van der Waals surface area contributed by atoms with E-state index in [9.17, 15) is 13.2 Å². The summed E-state index contributed by atoms with van der Waals surface area (Å²) >= 11 is 11.5. The van der Waals surface area contributed by atoms with Gasteiger partial charge in [0.05, 0.1) is 46.1 Å². The number of rotatable bonds is 7. The Hall–Kier alpha value is -0.860. The van der Waals surface area contributed by atoms with Crippen molar-refractivity contribution < 1.29 is 28.2 Å². The van der Waals surface area contributed by atoms with E-state index in [-0.39, 0.29) is 46.1 Å². The van der Waals surface area contributed by atoms with Crippen LogP contribution in [0.25, 0.3) is 0 Å². The van der Waals surface area contributed by atoms with Gasteiger partial charge in [-0.15, -0.1) is 0 Å². The minimum atomic E-state index is -3.80. The first-order chi connectivity index (χ1) is 9.29. The molecule has 0 aliphatic carbocycles. The predicted molar refractivity (Wildman–Crippen MR) is 73.4 cm³/mol. The molecule has 0 saturated carbocycles. The van der Waals surface area contributed by atoms with Crippen molar-refractivity contribution in [3.05, 3.63) is 27.7 Å². The Kier molecular flexibility index (Phi) is 6.22. The summed E-state index contributed by atoms with van der Waals surface area (Å²) in [6, 6.07) is 2.00. The van der Waals surface area contributed by atoms with Crippen LogP contribution in [0.15, 0.2) is 17.0 Å². The molecule has 20 heavy (non-hydrogen) atoms. The Morgan fingerprint density at radius 2 is 1.85 bits per heavy atom. The van der Waals surface area contributed by atoms with Gasteiger partial charge in [0.15, 0.2) is 9.84 Å². The Labute approximate surface area is 125 Å². The molecule has 0 heterocycles. The standard InChI is InChI=1S/C11H12Cl2O6S/c12-8-6-9(13)10(5-7(8)11(15)16)20(17,18)4-3-19-2-1-14/h5-6,14H,1-4H2,(H,15,16). The number of aromatic carboxylic acids is 1. The zero-order chi connectivity index (χ0) is 15.3. The van der Waals surface area contributed by atoms with Gasteiger partial charge in [0.2, 0.25) is 0 Å². The minimum absolute atomic E-state index is 0.0181. The Morgan fingerprint density at radius 3 is 2.40 bits per heavy atom. The topological polar surface area (TPSA) is 101 Å². The zero-order valence-corrected chi connectivity index (χ0v) is 12.5. The first-order valence-corrected chi connectivity index (χ1v) is 7.84. The van der Waals surface area contributed by atoms with Crippen LogP contribution >= 0.6 is 23.2 Å². The van der Waals surface area contributed by atoms with Gasteiger partial charge in [-0.2, -0.15) is 0 Å². The van der Waals surface area contributed by atoms with E-state index in [1.165, 1.54) is 0 Å². The summed E-state index contributed by atoms with van der Waals surface area (Å²) in [4.78, 5) is 10.6. The molecule has 0 bridgehead atoms. The van der Waals surface area contributed by atoms with Crippen molar-refractivity contribution in [2.75, 3.05) is 25.6 Å². The summed E-state index contributed by atoms with van der Waals surface area (Å²) in [6.07, 6.45) is 0. The van der Waals surface area contributed by atoms with Gasteiger partial charge < -0.3 is 14.9 Å². The second-order valence-electron chi connectivity index (χ2n) is 3.72. The lowest BCUT2D eigenvalue weighted by molar-refractivity contribution is 0.0697. The highest BCUT2D eigenvalue weighted by molar-refractivity contribution is 7.91. The maximum Gasteiger partial charge on any atom is 0.337 e. The van der Waals surface area contributed by atoms with E-state index in [1.54, 1.807) is 0 Å². The highest BCUT2D eigenvalue weighted by Crippen LogP contribution is 2.29. The van der Waals surface area contributed by atoms with Crippen LogP contribution in [0, 0.1) is 0 Å². The van der Waals surface area contributed by atoms with Crippen LogP contribution in [-0.4, -0.2) is 50.2 Å². The SMILES string of the molecule is O=C(O)c1cc(S(=O)(=O)CCOCCO)c(Cl)cc1Cl. The van der Waals surface area contributed by atoms with Gasteiger partial charge in [-0.3, -0.25) is 0 Å². The predicted octanol–water partition coefficient (Wildman–Crippen LogP) is 1.47. The number of carbonyl (C=O) groups is 1. The molecular weight excluding hydrogens is 331 g/mol. The smallest absolute Gasteiger partial charge is 0.337 e. The third kappa shape index (κ3) is 4.32. The molecule has 0 saturated heterocycles. The molecule has 0 amide bonds. The average Bonchev–Trinajstić information content (AvgIpc) is 2.33. The third-order valence-corrected chi connectivity index (χ3v) is 4.77. The summed E-state index contributed by atoms with van der Waals surface area (Å²) in [7, 11) is -3.80. The molecule has 9 heteroatoms. The maximum atomic E-state index is 12.0. The molecule has 0 aromatic heterocycles. The summed E-state index contributed by atoms with van der Waals surface area (Å²) < 4.78 is 28.9. The van der Waals surface area contributed by atoms with Gasteiger partial charge in [-0.05, 0) is 12.1 Å². The van der Waals surface area contributed by atoms with Gasteiger partial charge in [0.1, 0.15) is 0 Å².